The number of nitrogens with one attached hydrogen (secondary N) is 1. The minimum atomic E-state index is -3.51. The fourth-order valence-corrected chi connectivity index (χ4v) is 2.37. The van der Waals surface area contributed by atoms with Crippen LogP contribution in [0.4, 0.5) is 0 Å². The summed E-state index contributed by atoms with van der Waals surface area (Å²) in [6.45, 7) is 8.58. The quantitative estimate of drug-likeness (QED) is 0.848. The SMILES string of the molecule is CC(C)C(C)(C)CNS(=O)(=O)c1ccc(Cl)nc1. The van der Waals surface area contributed by atoms with Gasteiger partial charge >= 0.3 is 0 Å². The van der Waals surface area contributed by atoms with Gasteiger partial charge in [0, 0.05) is 12.7 Å². The monoisotopic (exact) mass is 290 g/mol. The lowest BCUT2D eigenvalue weighted by molar-refractivity contribution is 0.252. The maximum atomic E-state index is 12.0. The Balaban J connectivity index is 2.81. The predicted octanol–water partition coefficient (Wildman–Crippen LogP) is 2.70. The second-order valence-corrected chi connectivity index (χ2v) is 7.44. The van der Waals surface area contributed by atoms with E-state index in [1.807, 2.05) is 13.8 Å². The van der Waals surface area contributed by atoms with Gasteiger partial charge in [0.2, 0.25) is 10.0 Å². The Morgan fingerprint density at radius 3 is 2.44 bits per heavy atom. The second kappa shape index (κ2) is 5.55. The summed E-state index contributed by atoms with van der Waals surface area (Å²) in [5.74, 6) is 0.378. The average molecular weight is 291 g/mol. The molecule has 0 aliphatic carbocycles. The number of hydrogen-bond acceptors (Lipinski definition) is 3. The molecule has 102 valence electrons. The molecule has 0 atom stereocenters. The first kappa shape index (κ1) is 15.4. The van der Waals surface area contributed by atoms with Crippen LogP contribution in [0.1, 0.15) is 27.7 Å². The standard InChI is InChI=1S/C12H19ClN2O2S/c1-9(2)12(3,4)8-15-18(16,17)10-5-6-11(13)14-7-10/h5-7,9,15H,8H2,1-4H3. The number of rotatable bonds is 5. The van der Waals surface area contributed by atoms with E-state index in [4.69, 9.17) is 11.6 Å². The maximum Gasteiger partial charge on any atom is 0.242 e. The van der Waals surface area contributed by atoms with Crippen molar-refractivity contribution in [3.63, 3.8) is 0 Å². The summed E-state index contributed by atoms with van der Waals surface area (Å²) < 4.78 is 26.6. The number of sulfonamides is 1. The fraction of sp³-hybridized carbons (Fsp3) is 0.583. The lowest BCUT2D eigenvalue weighted by Gasteiger charge is -2.29. The lowest BCUT2D eigenvalue weighted by atomic mass is 9.81. The fourth-order valence-electron chi connectivity index (χ4n) is 1.09. The number of halogens is 1. The highest BCUT2D eigenvalue weighted by Gasteiger charge is 2.25. The number of hydrogen-bond donors (Lipinski definition) is 1. The van der Waals surface area contributed by atoms with Crippen LogP contribution < -0.4 is 4.72 Å². The van der Waals surface area contributed by atoms with Crippen molar-refractivity contribution >= 4 is 21.6 Å². The summed E-state index contributed by atoms with van der Waals surface area (Å²) in [5, 5.41) is 0.275. The molecule has 0 aliphatic heterocycles. The van der Waals surface area contributed by atoms with E-state index >= 15 is 0 Å². The van der Waals surface area contributed by atoms with E-state index in [2.05, 4.69) is 23.6 Å². The minimum Gasteiger partial charge on any atom is -0.243 e. The van der Waals surface area contributed by atoms with Gasteiger partial charge in [-0.05, 0) is 23.5 Å². The van der Waals surface area contributed by atoms with Gasteiger partial charge in [-0.1, -0.05) is 39.3 Å². The highest BCUT2D eigenvalue weighted by molar-refractivity contribution is 7.89. The van der Waals surface area contributed by atoms with E-state index in [0.717, 1.165) is 0 Å². The van der Waals surface area contributed by atoms with Crippen molar-refractivity contribution in [2.24, 2.45) is 11.3 Å². The summed E-state index contributed by atoms with van der Waals surface area (Å²) in [6.07, 6.45) is 1.26. The molecule has 0 fully saturated rings. The maximum absolute atomic E-state index is 12.0. The third-order valence-corrected chi connectivity index (χ3v) is 4.90. The second-order valence-electron chi connectivity index (χ2n) is 5.28. The van der Waals surface area contributed by atoms with Gasteiger partial charge in [-0.3, -0.25) is 0 Å². The largest absolute Gasteiger partial charge is 0.243 e. The van der Waals surface area contributed by atoms with Crippen molar-refractivity contribution < 1.29 is 8.42 Å². The van der Waals surface area contributed by atoms with Gasteiger partial charge in [-0.2, -0.15) is 0 Å². The van der Waals surface area contributed by atoms with Gasteiger partial charge in [0.05, 0.1) is 0 Å². The molecular formula is C12H19ClN2O2S. The van der Waals surface area contributed by atoms with Gasteiger partial charge in [-0.15, -0.1) is 0 Å². The van der Waals surface area contributed by atoms with Crippen molar-refractivity contribution in [3.8, 4) is 0 Å². The Hall–Kier alpha value is -0.650. The Morgan fingerprint density at radius 1 is 1.39 bits per heavy atom. The molecule has 18 heavy (non-hydrogen) atoms. The van der Waals surface area contributed by atoms with Gasteiger partial charge < -0.3 is 0 Å². The van der Waals surface area contributed by atoms with Crippen LogP contribution in [-0.4, -0.2) is 19.9 Å². The molecule has 1 rings (SSSR count). The van der Waals surface area contributed by atoms with Crippen LogP contribution in [0.15, 0.2) is 23.2 Å². The van der Waals surface area contributed by atoms with Crippen molar-refractivity contribution in [1.82, 2.24) is 9.71 Å². The zero-order chi connectivity index (χ0) is 14.0. The number of aromatic nitrogens is 1. The van der Waals surface area contributed by atoms with E-state index < -0.39 is 10.0 Å². The molecule has 0 aromatic carbocycles. The average Bonchev–Trinajstić information content (AvgIpc) is 2.27. The summed E-state index contributed by atoms with van der Waals surface area (Å²) in [4.78, 5) is 3.90. The Labute approximate surface area is 114 Å². The molecule has 6 heteroatoms. The lowest BCUT2D eigenvalue weighted by Crippen LogP contribution is -2.36. The van der Waals surface area contributed by atoms with Gasteiger partial charge in [-0.25, -0.2) is 18.1 Å². The van der Waals surface area contributed by atoms with Crippen LogP contribution in [0.25, 0.3) is 0 Å². The van der Waals surface area contributed by atoms with Crippen LogP contribution in [0, 0.1) is 11.3 Å². The Morgan fingerprint density at radius 2 is 2.00 bits per heavy atom. The number of nitrogens with zero attached hydrogens (tertiary/aromatic N) is 1. The first-order chi connectivity index (χ1) is 8.15. The van der Waals surface area contributed by atoms with Crippen molar-refractivity contribution in [2.75, 3.05) is 6.54 Å². The van der Waals surface area contributed by atoms with Crippen molar-refractivity contribution in [3.05, 3.63) is 23.5 Å². The van der Waals surface area contributed by atoms with Crippen LogP contribution in [0.3, 0.4) is 0 Å². The molecule has 0 bridgehead atoms. The van der Waals surface area contributed by atoms with Crippen molar-refractivity contribution in [2.45, 2.75) is 32.6 Å². The van der Waals surface area contributed by atoms with Gasteiger partial charge in [0.1, 0.15) is 10.0 Å². The molecule has 0 unspecified atom stereocenters. The smallest absolute Gasteiger partial charge is 0.242 e. The van der Waals surface area contributed by atoms with Gasteiger partial charge in [0.25, 0.3) is 0 Å². The molecule has 0 aliphatic rings. The summed E-state index contributed by atoms with van der Waals surface area (Å²) in [6, 6.07) is 2.91. The van der Waals surface area contributed by atoms with E-state index in [9.17, 15) is 8.42 Å². The molecule has 0 saturated heterocycles. The third-order valence-electron chi connectivity index (χ3n) is 3.29. The number of pyridine rings is 1. The van der Waals surface area contributed by atoms with E-state index in [-0.39, 0.29) is 15.5 Å². The molecule has 4 nitrogen and oxygen atoms in total. The van der Waals surface area contributed by atoms with Crippen LogP contribution in [0.2, 0.25) is 5.15 Å². The highest BCUT2D eigenvalue weighted by atomic mass is 35.5. The first-order valence-corrected chi connectivity index (χ1v) is 7.62. The molecule has 1 aromatic heterocycles. The minimum absolute atomic E-state index is 0.104. The normalized spacial score (nSPS) is 13.0. The molecular weight excluding hydrogens is 272 g/mol. The topological polar surface area (TPSA) is 59.1 Å². The first-order valence-electron chi connectivity index (χ1n) is 5.76. The molecule has 0 radical (unpaired) electrons. The van der Waals surface area contributed by atoms with E-state index in [1.165, 1.54) is 18.3 Å². The predicted molar refractivity (Wildman–Crippen MR) is 73.1 cm³/mol. The zero-order valence-electron chi connectivity index (χ0n) is 11.1. The highest BCUT2D eigenvalue weighted by Crippen LogP contribution is 2.25. The summed E-state index contributed by atoms with van der Waals surface area (Å²) in [5.41, 5.74) is -0.104. The van der Waals surface area contributed by atoms with E-state index in [0.29, 0.717) is 12.5 Å². The molecule has 0 spiro atoms. The Kier molecular flexibility index (Phi) is 4.75. The molecule has 1 aromatic rings. The van der Waals surface area contributed by atoms with Crippen LogP contribution >= 0.6 is 11.6 Å². The van der Waals surface area contributed by atoms with Crippen LogP contribution in [-0.2, 0) is 10.0 Å². The molecule has 0 amide bonds. The molecule has 0 saturated carbocycles. The molecule has 1 heterocycles. The van der Waals surface area contributed by atoms with Gasteiger partial charge in [0.15, 0.2) is 0 Å². The molecule has 1 N–H and O–H groups in total. The third kappa shape index (κ3) is 3.93. The van der Waals surface area contributed by atoms with Crippen molar-refractivity contribution in [1.29, 1.82) is 0 Å². The Bertz CT molecular complexity index is 495. The summed E-state index contributed by atoms with van der Waals surface area (Å²) in [7, 11) is -3.51. The van der Waals surface area contributed by atoms with E-state index in [1.54, 1.807) is 0 Å². The van der Waals surface area contributed by atoms with Crippen LogP contribution in [0.5, 0.6) is 0 Å². The summed E-state index contributed by atoms with van der Waals surface area (Å²) >= 11 is 5.63. The zero-order valence-corrected chi connectivity index (χ0v) is 12.6.